The molecule has 1 N–H and O–H groups in total. The Kier molecular flexibility index (Phi) is 3.93. The van der Waals surface area contributed by atoms with Crippen LogP contribution in [0.5, 0.6) is 0 Å². The number of aromatic nitrogens is 1. The number of aliphatic hydroxyl groups is 1. The van der Waals surface area contributed by atoms with Gasteiger partial charge >= 0.3 is 0 Å². The Hall–Kier alpha value is -2.21. The minimum absolute atomic E-state index is 0.0989. The fourth-order valence-corrected chi connectivity index (χ4v) is 3.21. The molecule has 23 heavy (non-hydrogen) atoms. The van der Waals surface area contributed by atoms with Crippen molar-refractivity contribution in [1.29, 1.82) is 0 Å². The van der Waals surface area contributed by atoms with Crippen LogP contribution in [0.15, 0.2) is 30.5 Å². The summed E-state index contributed by atoms with van der Waals surface area (Å²) in [5.41, 5.74) is 1.39. The first-order valence-corrected chi connectivity index (χ1v) is 7.44. The Morgan fingerprint density at radius 3 is 2.70 bits per heavy atom. The van der Waals surface area contributed by atoms with Crippen molar-refractivity contribution >= 4 is 5.91 Å². The van der Waals surface area contributed by atoms with Crippen LogP contribution in [0.25, 0.3) is 0 Å². The number of nitrogens with zero attached hydrogens (tertiary/aromatic N) is 2. The van der Waals surface area contributed by atoms with Gasteiger partial charge < -0.3 is 14.6 Å². The molecule has 1 aliphatic rings. The second-order valence-corrected chi connectivity index (χ2v) is 5.99. The molecule has 2 aromatic rings. The highest BCUT2D eigenvalue weighted by molar-refractivity contribution is 5.94. The van der Waals surface area contributed by atoms with Crippen molar-refractivity contribution in [3.63, 3.8) is 0 Å². The largest absolute Gasteiger partial charge is 0.391 e. The van der Waals surface area contributed by atoms with Gasteiger partial charge in [0.2, 0.25) is 0 Å². The maximum Gasteiger partial charge on any atom is 0.271 e. The number of benzene rings is 1. The lowest BCUT2D eigenvalue weighted by molar-refractivity contribution is 0.0703. The molecule has 1 amide bonds. The number of hydrogen-bond donors (Lipinski definition) is 1. The first-order valence-electron chi connectivity index (χ1n) is 7.44. The Balaban J connectivity index is 2.00. The predicted octanol–water partition coefficient (Wildman–Crippen LogP) is 2.56. The maximum absolute atomic E-state index is 14.1. The van der Waals surface area contributed by atoms with Crippen LogP contribution in [0.3, 0.4) is 0 Å². The summed E-state index contributed by atoms with van der Waals surface area (Å²) in [5.74, 6) is -1.43. The molecule has 0 saturated carbocycles. The maximum atomic E-state index is 14.1. The van der Waals surface area contributed by atoms with Gasteiger partial charge in [-0.3, -0.25) is 4.79 Å². The SMILES string of the molecule is Cc1ccn(C)c1C(=O)N1C[C@H](O)C[C@@H]1c1cc(F)ccc1F. The van der Waals surface area contributed by atoms with Crippen molar-refractivity contribution < 1.29 is 18.7 Å². The number of rotatable bonds is 2. The molecule has 6 heteroatoms. The topological polar surface area (TPSA) is 45.5 Å². The van der Waals surface area contributed by atoms with Crippen molar-refractivity contribution in [1.82, 2.24) is 9.47 Å². The van der Waals surface area contributed by atoms with Crippen molar-refractivity contribution in [3.05, 3.63) is 58.9 Å². The summed E-state index contributed by atoms with van der Waals surface area (Å²) in [5, 5.41) is 9.96. The van der Waals surface area contributed by atoms with Crippen molar-refractivity contribution in [2.75, 3.05) is 6.54 Å². The van der Waals surface area contributed by atoms with Crippen LogP contribution in [0, 0.1) is 18.6 Å². The molecule has 122 valence electrons. The fraction of sp³-hybridized carbons (Fsp3) is 0.353. The highest BCUT2D eigenvalue weighted by atomic mass is 19.1. The Morgan fingerprint density at radius 1 is 1.30 bits per heavy atom. The van der Waals surface area contributed by atoms with E-state index in [2.05, 4.69) is 0 Å². The molecule has 0 spiro atoms. The number of likely N-dealkylation sites (tertiary alicyclic amines) is 1. The van der Waals surface area contributed by atoms with Gasteiger partial charge in [0.1, 0.15) is 17.3 Å². The Morgan fingerprint density at radius 2 is 2.04 bits per heavy atom. The first kappa shape index (κ1) is 15.7. The van der Waals surface area contributed by atoms with Gasteiger partial charge in [-0.25, -0.2) is 8.78 Å². The van der Waals surface area contributed by atoms with E-state index in [0.717, 1.165) is 23.8 Å². The van der Waals surface area contributed by atoms with Crippen LogP contribution in [-0.2, 0) is 7.05 Å². The second-order valence-electron chi connectivity index (χ2n) is 5.99. The van der Waals surface area contributed by atoms with E-state index in [1.165, 1.54) is 4.90 Å². The number of β-amino-alcohol motifs (C(OH)–C–C–N with tert-alkyl or cyclic N) is 1. The molecule has 4 nitrogen and oxygen atoms in total. The van der Waals surface area contributed by atoms with Gasteiger partial charge in [0.05, 0.1) is 12.1 Å². The van der Waals surface area contributed by atoms with Crippen LogP contribution in [0.1, 0.15) is 34.1 Å². The lowest BCUT2D eigenvalue weighted by Crippen LogP contribution is -2.33. The first-order chi connectivity index (χ1) is 10.9. The highest BCUT2D eigenvalue weighted by Crippen LogP contribution is 2.35. The average molecular weight is 320 g/mol. The molecule has 0 unspecified atom stereocenters. The van der Waals surface area contributed by atoms with Crippen LogP contribution >= 0.6 is 0 Å². The third kappa shape index (κ3) is 2.74. The quantitative estimate of drug-likeness (QED) is 0.924. The molecule has 0 radical (unpaired) electrons. The van der Waals surface area contributed by atoms with Gasteiger partial charge in [0, 0.05) is 25.4 Å². The Bertz CT molecular complexity index is 738. The highest BCUT2D eigenvalue weighted by Gasteiger charge is 2.38. The van der Waals surface area contributed by atoms with Gasteiger partial charge in [0.25, 0.3) is 5.91 Å². The van der Waals surface area contributed by atoms with E-state index >= 15 is 0 Å². The number of halogens is 2. The van der Waals surface area contributed by atoms with Gasteiger partial charge in [-0.15, -0.1) is 0 Å². The van der Waals surface area contributed by atoms with Gasteiger partial charge in [-0.05, 0) is 43.2 Å². The Labute approximate surface area is 133 Å². The minimum atomic E-state index is -0.757. The monoisotopic (exact) mass is 320 g/mol. The predicted molar refractivity (Wildman–Crippen MR) is 80.9 cm³/mol. The summed E-state index contributed by atoms with van der Waals surface area (Å²) in [4.78, 5) is 14.3. The summed E-state index contributed by atoms with van der Waals surface area (Å²) in [6.45, 7) is 1.92. The minimum Gasteiger partial charge on any atom is -0.391 e. The van der Waals surface area contributed by atoms with Crippen LogP contribution in [0.4, 0.5) is 8.78 Å². The van der Waals surface area contributed by atoms with E-state index in [4.69, 9.17) is 0 Å². The smallest absolute Gasteiger partial charge is 0.271 e. The molecular weight excluding hydrogens is 302 g/mol. The molecule has 1 aromatic carbocycles. The number of carbonyl (C=O) groups is 1. The number of hydrogen-bond acceptors (Lipinski definition) is 2. The van der Waals surface area contributed by atoms with Crippen molar-refractivity contribution in [2.24, 2.45) is 7.05 Å². The summed E-state index contributed by atoms with van der Waals surface area (Å²) in [7, 11) is 1.75. The zero-order chi connectivity index (χ0) is 16.7. The molecule has 3 rings (SSSR count). The number of aliphatic hydroxyl groups excluding tert-OH is 1. The lowest BCUT2D eigenvalue weighted by atomic mass is 10.0. The van der Waals surface area contributed by atoms with Crippen LogP contribution in [0.2, 0.25) is 0 Å². The zero-order valence-electron chi connectivity index (χ0n) is 13.0. The molecule has 1 aliphatic heterocycles. The molecular formula is C17H18F2N2O2. The van der Waals surface area contributed by atoms with E-state index in [9.17, 15) is 18.7 Å². The standard InChI is InChI=1S/C17H18F2N2O2/c1-10-5-6-20(2)16(10)17(23)21-9-12(22)8-15(21)13-7-11(18)3-4-14(13)19/h3-7,12,15,22H,8-9H2,1-2H3/t12-,15-/m1/s1. The summed E-state index contributed by atoms with van der Waals surface area (Å²) < 4.78 is 29.3. The molecule has 0 bridgehead atoms. The van der Waals surface area contributed by atoms with Gasteiger partial charge in [0.15, 0.2) is 0 Å². The third-order valence-electron chi connectivity index (χ3n) is 4.33. The van der Waals surface area contributed by atoms with E-state index in [0.29, 0.717) is 5.69 Å². The lowest BCUT2D eigenvalue weighted by Gasteiger charge is -2.25. The molecule has 1 saturated heterocycles. The molecule has 1 aromatic heterocycles. The zero-order valence-corrected chi connectivity index (χ0v) is 13.0. The van der Waals surface area contributed by atoms with Gasteiger partial charge in [-0.2, -0.15) is 0 Å². The second kappa shape index (κ2) is 5.77. The van der Waals surface area contributed by atoms with Crippen LogP contribution < -0.4 is 0 Å². The van der Waals surface area contributed by atoms with Crippen molar-refractivity contribution in [3.8, 4) is 0 Å². The van der Waals surface area contributed by atoms with E-state index in [1.54, 1.807) is 17.8 Å². The number of amides is 1. The molecule has 0 aliphatic carbocycles. The molecule has 1 fully saturated rings. The molecule has 2 heterocycles. The normalized spacial score (nSPS) is 21.0. The number of aryl methyl sites for hydroxylation is 2. The van der Waals surface area contributed by atoms with E-state index < -0.39 is 23.8 Å². The fourth-order valence-electron chi connectivity index (χ4n) is 3.21. The van der Waals surface area contributed by atoms with E-state index in [1.807, 2.05) is 13.0 Å². The van der Waals surface area contributed by atoms with Gasteiger partial charge in [-0.1, -0.05) is 0 Å². The number of carbonyl (C=O) groups excluding carboxylic acids is 1. The van der Waals surface area contributed by atoms with E-state index in [-0.39, 0.29) is 24.4 Å². The average Bonchev–Trinajstić information content (AvgIpc) is 3.04. The summed E-state index contributed by atoms with van der Waals surface area (Å²) >= 11 is 0. The molecule has 2 atom stereocenters. The van der Waals surface area contributed by atoms with Crippen molar-refractivity contribution in [2.45, 2.75) is 25.5 Å². The third-order valence-corrected chi connectivity index (χ3v) is 4.33. The summed E-state index contributed by atoms with van der Waals surface area (Å²) in [6, 6.07) is 4.32. The summed E-state index contributed by atoms with van der Waals surface area (Å²) in [6.07, 6.45) is 1.20. The van der Waals surface area contributed by atoms with Crippen LogP contribution in [-0.4, -0.2) is 33.1 Å².